The van der Waals surface area contributed by atoms with E-state index in [0.29, 0.717) is 12.0 Å². The van der Waals surface area contributed by atoms with Crippen LogP contribution in [-0.4, -0.2) is 30.7 Å². The number of benzene rings is 1. The molecule has 23 heavy (non-hydrogen) atoms. The van der Waals surface area contributed by atoms with Crippen LogP contribution < -0.4 is 10.6 Å². The van der Waals surface area contributed by atoms with Gasteiger partial charge in [-0.2, -0.15) is 0 Å². The molecular formula is C17H20N2O4. The number of hydrogen-bond acceptors (Lipinski definition) is 4. The van der Waals surface area contributed by atoms with E-state index in [9.17, 15) is 14.4 Å². The molecule has 2 rings (SSSR count). The van der Waals surface area contributed by atoms with E-state index in [-0.39, 0.29) is 24.1 Å². The monoisotopic (exact) mass is 316 g/mol. The maximum Gasteiger partial charge on any atom is 0.287 e. The predicted molar refractivity (Wildman–Crippen MR) is 86.2 cm³/mol. The molecule has 0 aliphatic heterocycles. The summed E-state index contributed by atoms with van der Waals surface area (Å²) in [6, 6.07) is 7.20. The van der Waals surface area contributed by atoms with Gasteiger partial charge in [0.15, 0.2) is 5.76 Å². The Morgan fingerprint density at radius 3 is 2.57 bits per heavy atom. The Labute approximate surface area is 134 Å². The summed E-state index contributed by atoms with van der Waals surface area (Å²) in [7, 11) is 1.41. The number of nitrogens with one attached hydrogen (secondary N) is 2. The Morgan fingerprint density at radius 2 is 1.91 bits per heavy atom. The first kappa shape index (κ1) is 16.7. The topological polar surface area (TPSA) is 88.4 Å². The molecule has 0 radical (unpaired) electrons. The molecule has 1 aromatic heterocycles. The van der Waals surface area contributed by atoms with Crippen LogP contribution in [0, 0.1) is 6.92 Å². The van der Waals surface area contributed by atoms with Gasteiger partial charge in [-0.1, -0.05) is 18.2 Å². The summed E-state index contributed by atoms with van der Waals surface area (Å²) in [5.74, 6) is -1.15. The lowest BCUT2D eigenvalue weighted by molar-refractivity contribution is -0.137. The molecule has 0 saturated heterocycles. The van der Waals surface area contributed by atoms with Gasteiger partial charge in [0.2, 0.25) is 5.78 Å². The number of amides is 2. The maximum atomic E-state index is 12.3. The smallest absolute Gasteiger partial charge is 0.287 e. The Morgan fingerprint density at radius 1 is 1.22 bits per heavy atom. The van der Waals surface area contributed by atoms with Crippen LogP contribution in [0.1, 0.15) is 35.9 Å². The summed E-state index contributed by atoms with van der Waals surface area (Å²) < 4.78 is 5.60. The van der Waals surface area contributed by atoms with Gasteiger partial charge in [-0.3, -0.25) is 14.4 Å². The Hall–Kier alpha value is -2.63. The number of hydrogen-bond donors (Lipinski definition) is 2. The quantitative estimate of drug-likeness (QED) is 0.797. The average Bonchev–Trinajstić information content (AvgIpc) is 2.89. The fraction of sp³-hybridized carbons (Fsp3) is 0.353. The number of likely N-dealkylation sites (N-methyl/N-ethyl adjacent to an activating group) is 1. The van der Waals surface area contributed by atoms with Crippen LogP contribution in [0.25, 0.3) is 11.0 Å². The van der Waals surface area contributed by atoms with Crippen molar-refractivity contribution in [2.45, 2.75) is 32.7 Å². The Kier molecular flexibility index (Phi) is 5.16. The van der Waals surface area contributed by atoms with Crippen LogP contribution in [0.5, 0.6) is 0 Å². The minimum atomic E-state index is -0.614. The first-order chi connectivity index (χ1) is 10.9. The molecule has 0 spiro atoms. The molecule has 0 aliphatic carbocycles. The molecule has 2 N–H and O–H groups in total. The van der Waals surface area contributed by atoms with E-state index in [1.54, 1.807) is 6.92 Å². The van der Waals surface area contributed by atoms with E-state index in [1.807, 2.05) is 31.2 Å². The first-order valence-electron chi connectivity index (χ1n) is 7.48. The van der Waals surface area contributed by atoms with E-state index < -0.39 is 11.7 Å². The number of fused-ring (bicyclic) bond motifs is 1. The van der Waals surface area contributed by atoms with E-state index >= 15 is 0 Å². The summed E-state index contributed by atoms with van der Waals surface area (Å²) in [6.07, 6.45) is 0.470. The van der Waals surface area contributed by atoms with Crippen LogP contribution in [0.2, 0.25) is 0 Å². The molecule has 1 heterocycles. The van der Waals surface area contributed by atoms with Gasteiger partial charge in [-0.05, 0) is 26.3 Å². The van der Waals surface area contributed by atoms with Gasteiger partial charge in [0.1, 0.15) is 5.58 Å². The Balaban J connectivity index is 1.99. The lowest BCUT2D eigenvalue weighted by Gasteiger charge is -2.12. The Bertz CT molecular complexity index is 748. The first-order valence-corrected chi connectivity index (χ1v) is 7.48. The molecule has 6 heteroatoms. The highest BCUT2D eigenvalue weighted by molar-refractivity contribution is 6.36. The van der Waals surface area contributed by atoms with Gasteiger partial charge in [0, 0.05) is 30.5 Å². The van der Waals surface area contributed by atoms with Crippen molar-refractivity contribution < 1.29 is 18.8 Å². The van der Waals surface area contributed by atoms with Gasteiger partial charge in [0.25, 0.3) is 11.8 Å². The van der Waals surface area contributed by atoms with Crippen LogP contribution in [0.4, 0.5) is 0 Å². The molecular weight excluding hydrogens is 296 g/mol. The molecule has 1 aromatic carbocycles. The molecule has 0 bridgehead atoms. The van der Waals surface area contributed by atoms with Crippen molar-refractivity contribution in [2.24, 2.45) is 0 Å². The summed E-state index contributed by atoms with van der Waals surface area (Å²) in [6.45, 7) is 3.62. The SMILES string of the molecule is CNC(=O)C(=O)CC[C@@H](C)NC(=O)c1oc2ccccc2c1C. The van der Waals surface area contributed by atoms with Crippen molar-refractivity contribution in [1.82, 2.24) is 10.6 Å². The average molecular weight is 316 g/mol. The molecule has 1 atom stereocenters. The third-order valence-electron chi connectivity index (χ3n) is 3.71. The van der Waals surface area contributed by atoms with Gasteiger partial charge < -0.3 is 15.1 Å². The fourth-order valence-corrected chi connectivity index (χ4v) is 2.35. The minimum absolute atomic E-state index is 0.0836. The molecule has 2 aromatic rings. The molecule has 0 aliphatic rings. The highest BCUT2D eigenvalue weighted by atomic mass is 16.3. The molecule has 122 valence electrons. The summed E-state index contributed by atoms with van der Waals surface area (Å²) in [5, 5.41) is 5.98. The zero-order valence-corrected chi connectivity index (χ0v) is 13.4. The second kappa shape index (κ2) is 7.09. The highest BCUT2D eigenvalue weighted by Crippen LogP contribution is 2.24. The number of para-hydroxylation sites is 1. The van der Waals surface area contributed by atoms with Crippen molar-refractivity contribution in [1.29, 1.82) is 0 Å². The summed E-state index contributed by atoms with van der Waals surface area (Å²) in [4.78, 5) is 34.9. The lowest BCUT2D eigenvalue weighted by Crippen LogP contribution is -2.34. The van der Waals surface area contributed by atoms with Gasteiger partial charge >= 0.3 is 0 Å². The van der Waals surface area contributed by atoms with E-state index in [1.165, 1.54) is 7.05 Å². The second-order valence-corrected chi connectivity index (χ2v) is 5.47. The van der Waals surface area contributed by atoms with Gasteiger partial charge in [0.05, 0.1) is 0 Å². The minimum Gasteiger partial charge on any atom is -0.451 e. The van der Waals surface area contributed by atoms with Crippen molar-refractivity contribution in [3.05, 3.63) is 35.6 Å². The standard InChI is InChI=1S/C17H20N2O4/c1-10(8-9-13(20)16(21)18-3)19-17(22)15-11(2)12-6-4-5-7-14(12)23-15/h4-7,10H,8-9H2,1-3H3,(H,18,21)(H,19,22)/t10-/m1/s1. The van der Waals surface area contributed by atoms with Gasteiger partial charge in [-0.15, -0.1) is 0 Å². The molecule has 0 fully saturated rings. The van der Waals surface area contributed by atoms with Crippen molar-refractivity contribution in [3.8, 4) is 0 Å². The van der Waals surface area contributed by atoms with Gasteiger partial charge in [-0.25, -0.2) is 0 Å². The third kappa shape index (κ3) is 3.77. The summed E-state index contributed by atoms with van der Waals surface area (Å²) >= 11 is 0. The number of furan rings is 1. The number of Topliss-reactive ketones (excluding diaryl/α,β-unsaturated/α-hetero) is 1. The van der Waals surface area contributed by atoms with Crippen molar-refractivity contribution in [3.63, 3.8) is 0 Å². The third-order valence-corrected chi connectivity index (χ3v) is 3.71. The highest BCUT2D eigenvalue weighted by Gasteiger charge is 2.20. The molecule has 0 unspecified atom stereocenters. The van der Waals surface area contributed by atoms with E-state index in [4.69, 9.17) is 4.42 Å². The van der Waals surface area contributed by atoms with Crippen LogP contribution in [0.15, 0.2) is 28.7 Å². The predicted octanol–water partition coefficient (Wildman–Crippen LogP) is 1.95. The van der Waals surface area contributed by atoms with Crippen LogP contribution in [0.3, 0.4) is 0 Å². The zero-order valence-electron chi connectivity index (χ0n) is 13.4. The molecule has 6 nitrogen and oxygen atoms in total. The van der Waals surface area contributed by atoms with Crippen LogP contribution in [-0.2, 0) is 9.59 Å². The number of carbonyl (C=O) groups is 3. The number of ketones is 1. The number of aryl methyl sites for hydroxylation is 1. The molecule has 0 saturated carbocycles. The van der Waals surface area contributed by atoms with Crippen LogP contribution >= 0.6 is 0 Å². The second-order valence-electron chi connectivity index (χ2n) is 5.47. The number of rotatable bonds is 6. The zero-order chi connectivity index (χ0) is 17.0. The van der Waals surface area contributed by atoms with Crippen molar-refractivity contribution >= 4 is 28.6 Å². The summed E-state index contributed by atoms with van der Waals surface area (Å²) in [5.41, 5.74) is 1.45. The van der Waals surface area contributed by atoms with E-state index in [0.717, 1.165) is 10.9 Å². The fourth-order valence-electron chi connectivity index (χ4n) is 2.35. The normalized spacial score (nSPS) is 12.0. The van der Waals surface area contributed by atoms with E-state index in [2.05, 4.69) is 10.6 Å². The lowest BCUT2D eigenvalue weighted by atomic mass is 10.1. The number of carbonyl (C=O) groups excluding carboxylic acids is 3. The largest absolute Gasteiger partial charge is 0.451 e. The molecule has 2 amide bonds. The maximum absolute atomic E-state index is 12.3. The van der Waals surface area contributed by atoms with Crippen molar-refractivity contribution in [2.75, 3.05) is 7.05 Å².